The van der Waals surface area contributed by atoms with Crippen LogP contribution in [0.15, 0.2) is 36.6 Å². The lowest BCUT2D eigenvalue weighted by Crippen LogP contribution is -2.19. The minimum absolute atomic E-state index is 0.919. The van der Waals surface area contributed by atoms with Crippen molar-refractivity contribution in [2.24, 2.45) is 5.84 Å². The highest BCUT2D eigenvalue weighted by Crippen LogP contribution is 1.92. The summed E-state index contributed by atoms with van der Waals surface area (Å²) in [6.07, 6.45) is 8.39. The molecular formula is C8H14N2. The van der Waals surface area contributed by atoms with Crippen LogP contribution < -0.4 is 11.3 Å². The Labute approximate surface area is 62.1 Å². The molecule has 0 amide bonds. The molecule has 0 atom stereocenters. The largest absolute Gasteiger partial charge is 0.324 e. The van der Waals surface area contributed by atoms with E-state index in [1.54, 1.807) is 6.08 Å². The summed E-state index contributed by atoms with van der Waals surface area (Å²) in [5.74, 6) is 5.20. The van der Waals surface area contributed by atoms with Crippen LogP contribution in [-0.4, -0.2) is 0 Å². The van der Waals surface area contributed by atoms with Crippen molar-refractivity contribution >= 4 is 0 Å². The van der Waals surface area contributed by atoms with E-state index in [2.05, 4.69) is 18.9 Å². The molecule has 0 aromatic carbocycles. The second-order valence-corrected chi connectivity index (χ2v) is 1.81. The van der Waals surface area contributed by atoms with Gasteiger partial charge in [0.2, 0.25) is 0 Å². The zero-order chi connectivity index (χ0) is 7.82. The van der Waals surface area contributed by atoms with Gasteiger partial charge in [0.05, 0.1) is 0 Å². The molecule has 0 bridgehead atoms. The molecule has 0 aliphatic heterocycles. The summed E-state index contributed by atoms with van der Waals surface area (Å²) in [7, 11) is 0. The summed E-state index contributed by atoms with van der Waals surface area (Å²) in [4.78, 5) is 0. The molecule has 2 heteroatoms. The summed E-state index contributed by atoms with van der Waals surface area (Å²) in [5, 5.41) is 0. The first-order chi connectivity index (χ1) is 4.85. The molecule has 2 nitrogen and oxygen atoms in total. The van der Waals surface area contributed by atoms with Crippen LogP contribution in [0.5, 0.6) is 0 Å². The fourth-order valence-electron chi connectivity index (χ4n) is 0.567. The number of hydrazine groups is 1. The van der Waals surface area contributed by atoms with Crippen LogP contribution in [0.1, 0.15) is 13.3 Å². The summed E-state index contributed by atoms with van der Waals surface area (Å²) >= 11 is 0. The Morgan fingerprint density at radius 2 is 2.40 bits per heavy atom. The van der Waals surface area contributed by atoms with Crippen molar-refractivity contribution in [1.29, 1.82) is 0 Å². The minimum Gasteiger partial charge on any atom is -0.324 e. The van der Waals surface area contributed by atoms with Crippen LogP contribution >= 0.6 is 0 Å². The molecule has 0 spiro atoms. The van der Waals surface area contributed by atoms with Gasteiger partial charge >= 0.3 is 0 Å². The molecule has 0 saturated carbocycles. The van der Waals surface area contributed by atoms with Crippen molar-refractivity contribution in [1.82, 2.24) is 5.43 Å². The van der Waals surface area contributed by atoms with E-state index >= 15 is 0 Å². The van der Waals surface area contributed by atoms with E-state index in [-0.39, 0.29) is 0 Å². The number of nitrogens with two attached hydrogens (primary N) is 1. The monoisotopic (exact) mass is 138 g/mol. The highest BCUT2D eigenvalue weighted by Gasteiger charge is 1.81. The van der Waals surface area contributed by atoms with Gasteiger partial charge < -0.3 is 5.43 Å². The van der Waals surface area contributed by atoms with E-state index in [9.17, 15) is 0 Å². The third-order valence-corrected chi connectivity index (χ3v) is 1.00. The van der Waals surface area contributed by atoms with Crippen LogP contribution in [0, 0.1) is 0 Å². The summed E-state index contributed by atoms with van der Waals surface area (Å²) in [5.41, 5.74) is 3.48. The van der Waals surface area contributed by atoms with Gasteiger partial charge in [-0.05, 0) is 12.5 Å². The van der Waals surface area contributed by atoms with Crippen molar-refractivity contribution in [2.75, 3.05) is 0 Å². The molecule has 0 rings (SSSR count). The first-order valence-corrected chi connectivity index (χ1v) is 3.31. The summed E-state index contributed by atoms with van der Waals surface area (Å²) in [6, 6.07) is 0. The Balaban J connectivity index is 3.94. The highest BCUT2D eigenvalue weighted by atomic mass is 15.2. The third-order valence-electron chi connectivity index (χ3n) is 1.00. The van der Waals surface area contributed by atoms with E-state index in [1.165, 1.54) is 0 Å². The Morgan fingerprint density at radius 3 is 2.80 bits per heavy atom. The second kappa shape index (κ2) is 6.11. The third kappa shape index (κ3) is 3.92. The minimum atomic E-state index is 0.919. The number of hydrogen-bond acceptors (Lipinski definition) is 2. The van der Waals surface area contributed by atoms with Gasteiger partial charge in [-0.3, -0.25) is 5.84 Å². The molecule has 0 heterocycles. The molecule has 0 aromatic heterocycles. The zero-order valence-electron chi connectivity index (χ0n) is 6.30. The molecule has 0 aliphatic rings. The topological polar surface area (TPSA) is 38.0 Å². The molecule has 10 heavy (non-hydrogen) atoms. The van der Waals surface area contributed by atoms with Crippen LogP contribution in [0.25, 0.3) is 0 Å². The quantitative estimate of drug-likeness (QED) is 0.351. The SMILES string of the molecule is C=C/C=C\C(=C/CC)NN. The van der Waals surface area contributed by atoms with E-state index in [1.807, 2.05) is 18.2 Å². The zero-order valence-corrected chi connectivity index (χ0v) is 6.30. The Hall–Kier alpha value is -1.02. The van der Waals surface area contributed by atoms with E-state index in [0.29, 0.717) is 0 Å². The molecule has 56 valence electrons. The first-order valence-electron chi connectivity index (χ1n) is 3.31. The van der Waals surface area contributed by atoms with Crippen molar-refractivity contribution in [3.05, 3.63) is 36.6 Å². The van der Waals surface area contributed by atoms with Crippen LogP contribution in [0.2, 0.25) is 0 Å². The van der Waals surface area contributed by atoms with Gasteiger partial charge in [-0.2, -0.15) is 0 Å². The molecule has 3 N–H and O–H groups in total. The van der Waals surface area contributed by atoms with Crippen molar-refractivity contribution in [3.63, 3.8) is 0 Å². The fourth-order valence-corrected chi connectivity index (χ4v) is 0.567. The van der Waals surface area contributed by atoms with Crippen molar-refractivity contribution in [3.8, 4) is 0 Å². The number of allylic oxidation sites excluding steroid dienone is 4. The molecule has 0 unspecified atom stereocenters. The van der Waals surface area contributed by atoms with Crippen molar-refractivity contribution in [2.45, 2.75) is 13.3 Å². The average Bonchev–Trinajstić information content (AvgIpc) is 1.98. The van der Waals surface area contributed by atoms with Crippen LogP contribution in [0.3, 0.4) is 0 Å². The fraction of sp³-hybridized carbons (Fsp3) is 0.250. The van der Waals surface area contributed by atoms with Crippen LogP contribution in [0.4, 0.5) is 0 Å². The second-order valence-electron chi connectivity index (χ2n) is 1.81. The number of rotatable bonds is 4. The van der Waals surface area contributed by atoms with Gasteiger partial charge in [0, 0.05) is 5.70 Å². The maximum Gasteiger partial charge on any atom is 0.0445 e. The van der Waals surface area contributed by atoms with E-state index < -0.39 is 0 Å². The molecule has 0 saturated heterocycles. The Bertz CT molecular complexity index is 143. The van der Waals surface area contributed by atoms with Crippen LogP contribution in [-0.2, 0) is 0 Å². The van der Waals surface area contributed by atoms with E-state index in [4.69, 9.17) is 5.84 Å². The number of nitrogens with one attached hydrogen (secondary N) is 1. The van der Waals surface area contributed by atoms with Gasteiger partial charge in [-0.1, -0.05) is 31.7 Å². The lowest BCUT2D eigenvalue weighted by atomic mass is 10.3. The molecular weight excluding hydrogens is 124 g/mol. The maximum atomic E-state index is 5.20. The summed E-state index contributed by atoms with van der Waals surface area (Å²) < 4.78 is 0. The highest BCUT2D eigenvalue weighted by molar-refractivity contribution is 5.18. The van der Waals surface area contributed by atoms with Gasteiger partial charge in [-0.25, -0.2) is 0 Å². The molecule has 0 radical (unpaired) electrons. The van der Waals surface area contributed by atoms with Crippen molar-refractivity contribution < 1.29 is 0 Å². The maximum absolute atomic E-state index is 5.20. The molecule has 0 aliphatic carbocycles. The smallest absolute Gasteiger partial charge is 0.0445 e. The predicted molar refractivity (Wildman–Crippen MR) is 45.0 cm³/mol. The van der Waals surface area contributed by atoms with Gasteiger partial charge in [0.25, 0.3) is 0 Å². The number of hydrogen-bond donors (Lipinski definition) is 2. The average molecular weight is 138 g/mol. The predicted octanol–water partition coefficient (Wildman–Crippen LogP) is 1.49. The summed E-state index contributed by atoms with van der Waals surface area (Å²) in [6.45, 7) is 5.60. The normalized spacial score (nSPS) is 12.0. The standard InChI is InChI=1S/C8H14N2/c1-3-5-7-8(10-9)6-4-2/h3,5-7,10H,1,4,9H2,2H3/b7-5-,8-6+. The van der Waals surface area contributed by atoms with Gasteiger partial charge in [0.1, 0.15) is 0 Å². The van der Waals surface area contributed by atoms with E-state index in [0.717, 1.165) is 12.1 Å². The van der Waals surface area contributed by atoms with Gasteiger partial charge in [-0.15, -0.1) is 0 Å². The first kappa shape index (κ1) is 8.98. The lowest BCUT2D eigenvalue weighted by molar-refractivity contribution is 0.904. The lowest BCUT2D eigenvalue weighted by Gasteiger charge is -1.97. The van der Waals surface area contributed by atoms with Gasteiger partial charge in [0.15, 0.2) is 0 Å². The molecule has 0 fully saturated rings. The Kier molecular flexibility index (Phi) is 5.48. The molecule has 0 aromatic rings. The Morgan fingerprint density at radius 1 is 1.70 bits per heavy atom.